The number of carbonyl (C=O) groups is 3. The summed E-state index contributed by atoms with van der Waals surface area (Å²) >= 11 is 0. The van der Waals surface area contributed by atoms with Crippen molar-refractivity contribution in [2.24, 2.45) is 5.92 Å². The SMILES string of the molecule is Cc1ccc(F)cc1C(=O)N(C)CC(=O)N1CCC(C(=O)O)CC1. The van der Waals surface area contributed by atoms with Gasteiger partial charge in [0.25, 0.3) is 5.91 Å². The van der Waals surface area contributed by atoms with Crippen molar-refractivity contribution in [2.45, 2.75) is 19.8 Å². The lowest BCUT2D eigenvalue weighted by molar-refractivity contribution is -0.145. The highest BCUT2D eigenvalue weighted by atomic mass is 19.1. The van der Waals surface area contributed by atoms with Crippen molar-refractivity contribution in [3.8, 4) is 0 Å². The minimum atomic E-state index is -0.837. The minimum Gasteiger partial charge on any atom is -0.481 e. The van der Waals surface area contributed by atoms with Crippen LogP contribution in [0.2, 0.25) is 0 Å². The summed E-state index contributed by atoms with van der Waals surface area (Å²) in [7, 11) is 1.49. The summed E-state index contributed by atoms with van der Waals surface area (Å²) < 4.78 is 13.3. The molecule has 24 heavy (non-hydrogen) atoms. The molecule has 2 rings (SSSR count). The maximum absolute atomic E-state index is 13.3. The number of piperidine rings is 1. The Kier molecular flexibility index (Phi) is 5.54. The third-order valence-electron chi connectivity index (χ3n) is 4.35. The normalized spacial score (nSPS) is 15.2. The second kappa shape index (κ2) is 7.42. The molecule has 7 heteroatoms. The van der Waals surface area contributed by atoms with Crippen molar-refractivity contribution in [1.82, 2.24) is 9.80 Å². The molecule has 1 N–H and O–H groups in total. The van der Waals surface area contributed by atoms with Gasteiger partial charge in [-0.05, 0) is 37.5 Å². The van der Waals surface area contributed by atoms with Gasteiger partial charge < -0.3 is 14.9 Å². The molecule has 0 spiro atoms. The van der Waals surface area contributed by atoms with Gasteiger partial charge in [-0.1, -0.05) is 6.07 Å². The summed E-state index contributed by atoms with van der Waals surface area (Å²) in [5, 5.41) is 8.97. The van der Waals surface area contributed by atoms with Crippen molar-refractivity contribution in [3.05, 3.63) is 35.1 Å². The molecule has 0 unspecified atom stereocenters. The fraction of sp³-hybridized carbons (Fsp3) is 0.471. The van der Waals surface area contributed by atoms with Gasteiger partial charge in [0.05, 0.1) is 12.5 Å². The fourth-order valence-electron chi connectivity index (χ4n) is 2.78. The van der Waals surface area contributed by atoms with Crippen LogP contribution in [0.3, 0.4) is 0 Å². The molecule has 1 heterocycles. The Morgan fingerprint density at radius 3 is 2.50 bits per heavy atom. The Morgan fingerprint density at radius 1 is 1.29 bits per heavy atom. The molecule has 0 atom stereocenters. The highest BCUT2D eigenvalue weighted by Gasteiger charge is 2.28. The Bertz CT molecular complexity index is 654. The number of aryl methyl sites for hydroxylation is 1. The first-order chi connectivity index (χ1) is 11.3. The topological polar surface area (TPSA) is 77.9 Å². The van der Waals surface area contributed by atoms with Crippen molar-refractivity contribution >= 4 is 17.8 Å². The average molecular weight is 336 g/mol. The lowest BCUT2D eigenvalue weighted by Crippen LogP contribution is -2.45. The van der Waals surface area contributed by atoms with Gasteiger partial charge in [0, 0.05) is 25.7 Å². The van der Waals surface area contributed by atoms with Gasteiger partial charge in [0.15, 0.2) is 0 Å². The molecule has 1 aliphatic heterocycles. The number of carboxylic acid groups (broad SMARTS) is 1. The molecule has 130 valence electrons. The van der Waals surface area contributed by atoms with E-state index >= 15 is 0 Å². The van der Waals surface area contributed by atoms with Gasteiger partial charge in [0.1, 0.15) is 5.82 Å². The van der Waals surface area contributed by atoms with Gasteiger partial charge in [-0.25, -0.2) is 4.39 Å². The molecule has 0 radical (unpaired) electrons. The van der Waals surface area contributed by atoms with Crippen LogP contribution < -0.4 is 0 Å². The van der Waals surface area contributed by atoms with Crippen LogP contribution >= 0.6 is 0 Å². The number of likely N-dealkylation sites (tertiary alicyclic amines) is 1. The first-order valence-corrected chi connectivity index (χ1v) is 7.81. The van der Waals surface area contributed by atoms with E-state index in [0.717, 1.165) is 6.07 Å². The molecule has 1 fully saturated rings. The number of likely N-dealkylation sites (N-methyl/N-ethyl adjacent to an activating group) is 1. The lowest BCUT2D eigenvalue weighted by Gasteiger charge is -2.31. The van der Waals surface area contributed by atoms with Gasteiger partial charge in [-0.3, -0.25) is 14.4 Å². The summed E-state index contributed by atoms with van der Waals surface area (Å²) in [5.41, 5.74) is 0.873. The van der Waals surface area contributed by atoms with Gasteiger partial charge >= 0.3 is 5.97 Å². The second-order valence-electron chi connectivity index (χ2n) is 6.11. The molecule has 1 aliphatic rings. The predicted octanol–water partition coefficient (Wildman–Crippen LogP) is 1.53. The van der Waals surface area contributed by atoms with Crippen molar-refractivity contribution in [1.29, 1.82) is 0 Å². The average Bonchev–Trinajstić information content (AvgIpc) is 2.56. The molecule has 1 saturated heterocycles. The number of aliphatic carboxylic acids is 1. The highest BCUT2D eigenvalue weighted by molar-refractivity contribution is 5.97. The Labute approximate surface area is 139 Å². The molecular formula is C17H21FN2O4. The van der Waals surface area contributed by atoms with Crippen LogP contribution in [-0.4, -0.2) is 59.4 Å². The van der Waals surface area contributed by atoms with E-state index in [0.29, 0.717) is 31.5 Å². The Morgan fingerprint density at radius 2 is 1.92 bits per heavy atom. The molecule has 0 aromatic heterocycles. The van der Waals surface area contributed by atoms with E-state index in [1.807, 2.05) is 0 Å². The Balaban J connectivity index is 1.95. The molecule has 0 saturated carbocycles. The highest BCUT2D eigenvalue weighted by Crippen LogP contribution is 2.18. The minimum absolute atomic E-state index is 0.119. The zero-order valence-corrected chi connectivity index (χ0v) is 13.8. The zero-order valence-electron chi connectivity index (χ0n) is 13.8. The summed E-state index contributed by atoms with van der Waals surface area (Å²) in [4.78, 5) is 38.4. The number of rotatable bonds is 4. The van der Waals surface area contributed by atoms with E-state index in [2.05, 4.69) is 0 Å². The molecule has 6 nitrogen and oxygen atoms in total. The van der Waals surface area contributed by atoms with Crippen LogP contribution in [0.15, 0.2) is 18.2 Å². The first kappa shape index (κ1) is 17.9. The summed E-state index contributed by atoms with van der Waals surface area (Å²) in [6, 6.07) is 3.97. The number of nitrogens with zero attached hydrogens (tertiary/aromatic N) is 2. The van der Waals surface area contributed by atoms with Crippen LogP contribution in [0, 0.1) is 18.7 Å². The maximum Gasteiger partial charge on any atom is 0.306 e. The van der Waals surface area contributed by atoms with E-state index < -0.39 is 23.6 Å². The van der Waals surface area contributed by atoms with Crippen molar-refractivity contribution < 1.29 is 23.9 Å². The Hall–Kier alpha value is -2.44. The number of hydrogen-bond donors (Lipinski definition) is 1. The van der Waals surface area contributed by atoms with E-state index in [-0.39, 0.29) is 18.0 Å². The molecule has 2 amide bonds. The zero-order chi connectivity index (χ0) is 17.9. The predicted molar refractivity (Wildman–Crippen MR) is 85.0 cm³/mol. The largest absolute Gasteiger partial charge is 0.481 e. The second-order valence-corrected chi connectivity index (χ2v) is 6.11. The van der Waals surface area contributed by atoms with Gasteiger partial charge in [-0.15, -0.1) is 0 Å². The first-order valence-electron chi connectivity index (χ1n) is 7.81. The third kappa shape index (κ3) is 4.10. The molecule has 1 aromatic carbocycles. The van der Waals surface area contributed by atoms with E-state index in [9.17, 15) is 18.8 Å². The van der Waals surface area contributed by atoms with Crippen molar-refractivity contribution in [3.63, 3.8) is 0 Å². The maximum atomic E-state index is 13.3. The number of carboxylic acids is 1. The van der Waals surface area contributed by atoms with Crippen LogP contribution in [0.25, 0.3) is 0 Å². The quantitative estimate of drug-likeness (QED) is 0.904. The van der Waals surface area contributed by atoms with Crippen LogP contribution in [-0.2, 0) is 9.59 Å². The summed E-state index contributed by atoms with van der Waals surface area (Å²) in [5.74, 6) is -2.40. The molecule has 1 aromatic rings. The standard InChI is InChI=1S/C17H21FN2O4/c1-11-3-4-13(18)9-14(11)16(22)19(2)10-15(21)20-7-5-12(6-8-20)17(23)24/h3-4,9,12H,5-8,10H2,1-2H3,(H,23,24). The number of halogens is 1. The summed E-state index contributed by atoms with van der Waals surface area (Å²) in [6.07, 6.45) is 0.837. The summed E-state index contributed by atoms with van der Waals surface area (Å²) in [6.45, 7) is 2.33. The third-order valence-corrected chi connectivity index (χ3v) is 4.35. The van der Waals surface area contributed by atoms with E-state index in [1.54, 1.807) is 11.8 Å². The number of benzene rings is 1. The number of amides is 2. The molecule has 0 aliphatic carbocycles. The monoisotopic (exact) mass is 336 g/mol. The van der Waals surface area contributed by atoms with Crippen LogP contribution in [0.4, 0.5) is 4.39 Å². The van der Waals surface area contributed by atoms with Gasteiger partial charge in [0.2, 0.25) is 5.91 Å². The van der Waals surface area contributed by atoms with Crippen LogP contribution in [0.5, 0.6) is 0 Å². The lowest BCUT2D eigenvalue weighted by atomic mass is 9.97. The van der Waals surface area contributed by atoms with Crippen LogP contribution in [0.1, 0.15) is 28.8 Å². The molecule has 0 bridgehead atoms. The van der Waals surface area contributed by atoms with Gasteiger partial charge in [-0.2, -0.15) is 0 Å². The molecular weight excluding hydrogens is 315 g/mol. The number of hydrogen-bond acceptors (Lipinski definition) is 3. The van der Waals surface area contributed by atoms with E-state index in [4.69, 9.17) is 5.11 Å². The fourth-order valence-corrected chi connectivity index (χ4v) is 2.78. The van der Waals surface area contributed by atoms with Crippen molar-refractivity contribution in [2.75, 3.05) is 26.7 Å². The van der Waals surface area contributed by atoms with E-state index in [1.165, 1.54) is 24.1 Å². The number of carbonyl (C=O) groups excluding carboxylic acids is 2. The smallest absolute Gasteiger partial charge is 0.306 e.